The molecule has 32 heavy (non-hydrogen) atoms. The van der Waals surface area contributed by atoms with Crippen LogP contribution in [0.2, 0.25) is 0 Å². The molecule has 2 unspecified atom stereocenters. The highest BCUT2D eigenvalue weighted by molar-refractivity contribution is 5.92. The highest BCUT2D eigenvalue weighted by atomic mass is 16.1. The number of H-pyrrole nitrogens is 1. The van der Waals surface area contributed by atoms with Gasteiger partial charge in [0.25, 0.3) is 11.5 Å². The second kappa shape index (κ2) is 8.02. The Morgan fingerprint density at radius 1 is 1.25 bits per heavy atom. The van der Waals surface area contributed by atoms with Crippen molar-refractivity contribution in [2.75, 3.05) is 25.0 Å². The van der Waals surface area contributed by atoms with E-state index < -0.39 is 0 Å². The number of likely N-dealkylation sites (tertiary alicyclic amines) is 1. The fraction of sp³-hybridized carbons (Fsp3) is 0.417. The highest BCUT2D eigenvalue weighted by Crippen LogP contribution is 2.36. The van der Waals surface area contributed by atoms with Gasteiger partial charge in [-0.2, -0.15) is 0 Å². The molecule has 0 radical (unpaired) electrons. The molecule has 3 aromatic rings. The van der Waals surface area contributed by atoms with Crippen LogP contribution in [0, 0.1) is 6.92 Å². The summed E-state index contributed by atoms with van der Waals surface area (Å²) in [6.07, 6.45) is 3.75. The maximum atomic E-state index is 12.2. The summed E-state index contributed by atoms with van der Waals surface area (Å²) in [6.45, 7) is 6.69. The molecule has 2 saturated heterocycles. The molecular weight excluding hydrogens is 404 g/mol. The van der Waals surface area contributed by atoms with E-state index in [1.54, 1.807) is 13.1 Å². The van der Waals surface area contributed by atoms with E-state index in [9.17, 15) is 9.59 Å². The summed E-state index contributed by atoms with van der Waals surface area (Å²) in [7, 11) is 1.62. The molecule has 2 bridgehead atoms. The van der Waals surface area contributed by atoms with Crippen molar-refractivity contribution in [1.29, 1.82) is 0 Å². The Bertz CT molecular complexity index is 1250. The van der Waals surface area contributed by atoms with Gasteiger partial charge in [-0.1, -0.05) is 6.92 Å². The summed E-state index contributed by atoms with van der Waals surface area (Å²) >= 11 is 0. The van der Waals surface area contributed by atoms with Gasteiger partial charge in [0.1, 0.15) is 5.69 Å². The van der Waals surface area contributed by atoms with Gasteiger partial charge in [-0.25, -0.2) is 4.98 Å². The van der Waals surface area contributed by atoms with Gasteiger partial charge >= 0.3 is 0 Å². The molecule has 2 fully saturated rings. The third kappa shape index (κ3) is 3.54. The van der Waals surface area contributed by atoms with Crippen molar-refractivity contribution in [2.24, 2.45) is 0 Å². The van der Waals surface area contributed by atoms with Gasteiger partial charge in [-0.3, -0.25) is 19.5 Å². The summed E-state index contributed by atoms with van der Waals surface area (Å²) in [6, 6.07) is 8.67. The normalized spacial score (nSPS) is 20.3. The molecule has 3 aromatic heterocycles. The lowest BCUT2D eigenvalue weighted by atomic mass is 10.1. The van der Waals surface area contributed by atoms with Crippen LogP contribution in [0.3, 0.4) is 0 Å². The van der Waals surface area contributed by atoms with Crippen molar-refractivity contribution < 1.29 is 4.79 Å². The monoisotopic (exact) mass is 432 g/mol. The van der Waals surface area contributed by atoms with Crippen molar-refractivity contribution in [3.8, 4) is 0 Å². The lowest BCUT2D eigenvalue weighted by Crippen LogP contribution is -2.46. The minimum Gasteiger partial charge on any atom is -0.364 e. The van der Waals surface area contributed by atoms with Crippen LogP contribution >= 0.6 is 0 Å². The zero-order valence-electron chi connectivity index (χ0n) is 18.7. The van der Waals surface area contributed by atoms with Crippen LogP contribution in [-0.4, -0.2) is 58.0 Å². The summed E-state index contributed by atoms with van der Waals surface area (Å²) < 4.78 is 0. The van der Waals surface area contributed by atoms with E-state index in [0.29, 0.717) is 24.2 Å². The molecule has 1 amide bonds. The zero-order chi connectivity index (χ0) is 22.4. The lowest BCUT2D eigenvalue weighted by Gasteiger charge is -2.36. The van der Waals surface area contributed by atoms with Crippen molar-refractivity contribution in [3.05, 3.63) is 63.3 Å². The Balaban J connectivity index is 1.30. The summed E-state index contributed by atoms with van der Waals surface area (Å²) in [4.78, 5) is 41.0. The first-order valence-corrected chi connectivity index (χ1v) is 11.2. The number of piperazine rings is 1. The van der Waals surface area contributed by atoms with Crippen LogP contribution in [0.15, 0.2) is 35.3 Å². The molecule has 8 nitrogen and oxygen atoms in total. The predicted molar refractivity (Wildman–Crippen MR) is 124 cm³/mol. The Morgan fingerprint density at radius 2 is 2.09 bits per heavy atom. The smallest absolute Gasteiger partial charge is 0.269 e. The summed E-state index contributed by atoms with van der Waals surface area (Å²) in [5, 5.41) is 2.63. The van der Waals surface area contributed by atoms with Gasteiger partial charge in [0.05, 0.1) is 22.4 Å². The molecule has 0 saturated carbocycles. The molecule has 0 aromatic carbocycles. The number of anilines is 1. The van der Waals surface area contributed by atoms with Gasteiger partial charge in [-0.05, 0) is 49.6 Å². The van der Waals surface area contributed by atoms with E-state index in [2.05, 4.69) is 36.1 Å². The highest BCUT2D eigenvalue weighted by Gasteiger charge is 2.43. The van der Waals surface area contributed by atoms with Gasteiger partial charge in [0.15, 0.2) is 0 Å². The number of aryl methyl sites for hydroxylation is 2. The number of pyridine rings is 3. The van der Waals surface area contributed by atoms with Crippen molar-refractivity contribution in [3.63, 3.8) is 0 Å². The molecule has 2 atom stereocenters. The molecule has 5 rings (SSSR count). The van der Waals surface area contributed by atoms with E-state index in [0.717, 1.165) is 59.6 Å². The van der Waals surface area contributed by atoms with Crippen LogP contribution < -0.4 is 15.8 Å². The van der Waals surface area contributed by atoms with Crippen LogP contribution in [0.4, 0.5) is 5.69 Å². The molecule has 166 valence electrons. The number of rotatable bonds is 5. The average molecular weight is 433 g/mol. The number of aromatic amines is 1. The molecule has 8 heteroatoms. The number of hydrogen-bond donors (Lipinski definition) is 2. The number of fused-ring (bicyclic) bond motifs is 3. The Kier molecular flexibility index (Phi) is 5.17. The third-order valence-corrected chi connectivity index (χ3v) is 6.77. The molecule has 2 aliphatic rings. The van der Waals surface area contributed by atoms with Crippen molar-refractivity contribution in [2.45, 2.75) is 45.3 Å². The zero-order valence-corrected chi connectivity index (χ0v) is 18.7. The fourth-order valence-corrected chi connectivity index (χ4v) is 5.10. The fourth-order valence-electron chi connectivity index (χ4n) is 5.10. The van der Waals surface area contributed by atoms with E-state index in [-0.39, 0.29) is 11.5 Å². The number of aromatic nitrogens is 3. The average Bonchev–Trinajstić information content (AvgIpc) is 3.38. The molecule has 0 spiro atoms. The second-order valence-electron chi connectivity index (χ2n) is 8.76. The van der Waals surface area contributed by atoms with Crippen LogP contribution in [0.25, 0.3) is 11.0 Å². The number of nitrogens with one attached hydrogen (secondary N) is 2. The van der Waals surface area contributed by atoms with Crippen LogP contribution in [0.1, 0.15) is 40.7 Å². The molecule has 2 aliphatic heterocycles. The lowest BCUT2D eigenvalue weighted by molar-refractivity contribution is 0.0958. The first kappa shape index (κ1) is 20.6. The molecule has 5 heterocycles. The third-order valence-electron chi connectivity index (χ3n) is 6.77. The number of carbonyl (C=O) groups is 1. The van der Waals surface area contributed by atoms with Crippen LogP contribution in [-0.2, 0) is 13.0 Å². The molecule has 0 aliphatic carbocycles. The van der Waals surface area contributed by atoms with Crippen LogP contribution in [0.5, 0.6) is 0 Å². The topological polar surface area (TPSA) is 94.2 Å². The van der Waals surface area contributed by atoms with Gasteiger partial charge in [0, 0.05) is 50.5 Å². The standard InChI is InChI=1S/C24H28N6O2/c1-4-16-8-20-21(28-23(16)31)7-15(10-26-20)11-29-12-18-9-17(29)13-30(18)22-6-5-19(24(32)25-3)27-14(22)2/h5-8,10,17-18H,4,9,11-13H2,1-3H3,(H,25,32)(H,28,31). The maximum Gasteiger partial charge on any atom is 0.269 e. The van der Waals surface area contributed by atoms with E-state index in [1.165, 1.54) is 0 Å². The predicted octanol–water partition coefficient (Wildman–Crippen LogP) is 2.01. The van der Waals surface area contributed by atoms with Gasteiger partial charge in [0.2, 0.25) is 0 Å². The minimum absolute atomic E-state index is 0.0266. The first-order valence-electron chi connectivity index (χ1n) is 11.2. The first-order chi connectivity index (χ1) is 15.5. The Morgan fingerprint density at radius 3 is 2.78 bits per heavy atom. The van der Waals surface area contributed by atoms with Gasteiger partial charge < -0.3 is 15.2 Å². The number of nitrogens with zero attached hydrogens (tertiary/aromatic N) is 4. The number of carbonyl (C=O) groups excluding carboxylic acids is 1. The van der Waals surface area contributed by atoms with E-state index in [1.807, 2.05) is 32.2 Å². The minimum atomic E-state index is -0.162. The number of hydrogen-bond acceptors (Lipinski definition) is 6. The van der Waals surface area contributed by atoms with Crippen molar-refractivity contribution >= 4 is 22.6 Å². The SMILES string of the molecule is CCc1cc2ncc(CN3CC4CC3CN4c3ccc(C(=O)NC)nc3C)cc2[nH]c1=O. The second-order valence-corrected chi connectivity index (χ2v) is 8.76. The van der Waals surface area contributed by atoms with E-state index >= 15 is 0 Å². The number of amides is 1. The Hall–Kier alpha value is -3.26. The summed E-state index contributed by atoms with van der Waals surface area (Å²) in [5.41, 5.74) is 5.94. The molecular formula is C24H28N6O2. The molecule has 2 N–H and O–H groups in total. The van der Waals surface area contributed by atoms with E-state index in [4.69, 9.17) is 0 Å². The largest absolute Gasteiger partial charge is 0.364 e. The van der Waals surface area contributed by atoms with Gasteiger partial charge in [-0.15, -0.1) is 0 Å². The summed E-state index contributed by atoms with van der Waals surface area (Å²) in [5.74, 6) is -0.162. The quantitative estimate of drug-likeness (QED) is 0.641. The maximum absolute atomic E-state index is 12.2. The van der Waals surface area contributed by atoms with Crippen molar-refractivity contribution in [1.82, 2.24) is 25.2 Å². The Labute approximate surface area is 186 Å².